The van der Waals surface area contributed by atoms with E-state index < -0.39 is 29.3 Å². The average molecular weight is 237 g/mol. The Morgan fingerprint density at radius 1 is 1.60 bits per heavy atom. The molecule has 1 atom stereocenters. The van der Waals surface area contributed by atoms with Gasteiger partial charge in [0.2, 0.25) is 0 Å². The Labute approximate surface area is 96.9 Å². The van der Waals surface area contributed by atoms with Gasteiger partial charge < -0.3 is 5.32 Å². The van der Waals surface area contributed by atoms with Crippen LogP contribution >= 0.6 is 0 Å². The van der Waals surface area contributed by atoms with Crippen molar-refractivity contribution in [2.75, 3.05) is 19.0 Å². The van der Waals surface area contributed by atoms with E-state index in [-0.39, 0.29) is 5.75 Å². The Morgan fingerprint density at radius 3 is 2.60 bits per heavy atom. The van der Waals surface area contributed by atoms with Gasteiger partial charge in [-0.1, -0.05) is 25.9 Å². The molecule has 0 saturated carbocycles. The van der Waals surface area contributed by atoms with Crippen LogP contribution in [0.25, 0.3) is 0 Å². The van der Waals surface area contributed by atoms with E-state index in [1.54, 1.807) is 5.32 Å². The summed E-state index contributed by atoms with van der Waals surface area (Å²) >= 11 is 0. The minimum atomic E-state index is -2.62. The lowest BCUT2D eigenvalue weighted by Crippen LogP contribution is -2.27. The molecule has 0 aliphatic carbocycles. The van der Waals surface area contributed by atoms with E-state index in [0.717, 1.165) is 0 Å². The molecule has 0 fully saturated rings. The summed E-state index contributed by atoms with van der Waals surface area (Å²) in [5.74, 6) is 0.157. The standard InChI is InChI=1S/C9H18N2O3S/c1-9(2,3)7(6-15(5)13)11-14-8(12)10-4/h6H2,1-5H3,(H,10,12)/b11-7-/i4D3. The fourth-order valence-corrected chi connectivity index (χ4v) is 1.56. The molecule has 0 aliphatic rings. The summed E-state index contributed by atoms with van der Waals surface area (Å²) in [5, 5.41) is 5.22. The Bertz CT molecular complexity index is 361. The van der Waals surface area contributed by atoms with Gasteiger partial charge in [-0.25, -0.2) is 4.79 Å². The van der Waals surface area contributed by atoms with Gasteiger partial charge in [0.15, 0.2) is 0 Å². The molecule has 1 unspecified atom stereocenters. The molecule has 15 heavy (non-hydrogen) atoms. The molecular formula is C9H18N2O3S. The van der Waals surface area contributed by atoms with E-state index in [2.05, 4.69) is 9.99 Å². The highest BCUT2D eigenvalue weighted by Gasteiger charge is 2.21. The minimum absolute atomic E-state index is 0.157. The molecule has 0 radical (unpaired) electrons. The van der Waals surface area contributed by atoms with Gasteiger partial charge >= 0.3 is 6.09 Å². The topological polar surface area (TPSA) is 67.8 Å². The molecule has 88 valence electrons. The molecule has 5 nitrogen and oxygen atoms in total. The van der Waals surface area contributed by atoms with Crippen LogP contribution in [0.1, 0.15) is 24.9 Å². The van der Waals surface area contributed by atoms with Crippen molar-refractivity contribution in [1.82, 2.24) is 5.32 Å². The predicted molar refractivity (Wildman–Crippen MR) is 61.4 cm³/mol. The van der Waals surface area contributed by atoms with E-state index in [4.69, 9.17) is 4.11 Å². The van der Waals surface area contributed by atoms with Gasteiger partial charge in [-0.2, -0.15) is 0 Å². The van der Waals surface area contributed by atoms with Crippen LogP contribution in [0.3, 0.4) is 0 Å². The third-order valence-corrected chi connectivity index (χ3v) is 2.23. The normalized spacial score (nSPS) is 18.4. The van der Waals surface area contributed by atoms with Crippen LogP contribution in [0.15, 0.2) is 5.16 Å². The second kappa shape index (κ2) is 5.85. The summed E-state index contributed by atoms with van der Waals surface area (Å²) in [4.78, 5) is 15.6. The van der Waals surface area contributed by atoms with Gasteiger partial charge in [-0.15, -0.1) is 0 Å². The van der Waals surface area contributed by atoms with Gasteiger partial charge in [0.1, 0.15) is 0 Å². The van der Waals surface area contributed by atoms with Crippen LogP contribution in [0.2, 0.25) is 0 Å². The van der Waals surface area contributed by atoms with Crippen LogP contribution < -0.4 is 5.32 Å². The van der Waals surface area contributed by atoms with E-state index in [1.165, 1.54) is 6.26 Å². The molecule has 6 heteroatoms. The van der Waals surface area contributed by atoms with Crippen molar-refractivity contribution in [3.05, 3.63) is 0 Å². The molecule has 1 amide bonds. The second-order valence-electron chi connectivity index (χ2n) is 4.01. The summed E-state index contributed by atoms with van der Waals surface area (Å²) in [6.45, 7) is 2.85. The van der Waals surface area contributed by atoms with Crippen LogP contribution in [0.4, 0.5) is 4.79 Å². The minimum Gasteiger partial charge on any atom is -0.323 e. The van der Waals surface area contributed by atoms with Crippen LogP contribution in [-0.4, -0.2) is 35.0 Å². The summed E-state index contributed by atoms with van der Waals surface area (Å²) in [7, 11) is -1.13. The lowest BCUT2D eigenvalue weighted by atomic mass is 9.91. The fraction of sp³-hybridized carbons (Fsp3) is 0.778. The van der Waals surface area contributed by atoms with Crippen molar-refractivity contribution in [3.63, 3.8) is 0 Å². The first-order valence-corrected chi connectivity index (χ1v) is 6.01. The molecule has 0 spiro atoms. The molecule has 0 bridgehead atoms. The van der Waals surface area contributed by atoms with Crippen molar-refractivity contribution in [2.45, 2.75) is 20.8 Å². The Hall–Kier alpha value is -0.910. The van der Waals surface area contributed by atoms with Crippen LogP contribution in [-0.2, 0) is 15.6 Å². The molecule has 1 N–H and O–H groups in total. The molecule has 0 heterocycles. The maximum absolute atomic E-state index is 11.2. The number of carbonyl (C=O) groups is 1. The van der Waals surface area contributed by atoms with Gasteiger partial charge in [0.05, 0.1) is 11.5 Å². The first-order chi connectivity index (χ1) is 7.92. The summed E-state index contributed by atoms with van der Waals surface area (Å²) < 4.78 is 31.6. The number of hydrogen-bond donors (Lipinski definition) is 1. The lowest BCUT2D eigenvalue weighted by Gasteiger charge is -2.19. The van der Waals surface area contributed by atoms with Crippen molar-refractivity contribution >= 4 is 22.6 Å². The van der Waals surface area contributed by atoms with Crippen molar-refractivity contribution in [1.29, 1.82) is 0 Å². The van der Waals surface area contributed by atoms with E-state index in [0.29, 0.717) is 5.71 Å². The van der Waals surface area contributed by atoms with Crippen LogP contribution in [0, 0.1) is 5.41 Å². The van der Waals surface area contributed by atoms with E-state index in [9.17, 15) is 9.00 Å². The quantitative estimate of drug-likeness (QED) is 0.454. The smallest absolute Gasteiger partial charge is 0.323 e. The Morgan fingerprint density at radius 2 is 2.20 bits per heavy atom. The number of nitrogens with one attached hydrogen (secondary N) is 1. The van der Waals surface area contributed by atoms with Crippen molar-refractivity contribution < 1.29 is 18.0 Å². The lowest BCUT2D eigenvalue weighted by molar-refractivity contribution is 0.152. The van der Waals surface area contributed by atoms with Gasteiger partial charge in [0.25, 0.3) is 0 Å². The number of hydrogen-bond acceptors (Lipinski definition) is 4. The van der Waals surface area contributed by atoms with E-state index in [1.807, 2.05) is 20.8 Å². The maximum Gasteiger partial charge on any atom is 0.433 e. The van der Waals surface area contributed by atoms with Crippen molar-refractivity contribution in [2.24, 2.45) is 10.6 Å². The average Bonchev–Trinajstić information content (AvgIpc) is 2.06. The molecule has 0 aromatic heterocycles. The number of oxime groups is 1. The molecular weight excluding hydrogens is 216 g/mol. The number of amides is 1. The summed E-state index contributed by atoms with van der Waals surface area (Å²) in [6.07, 6.45) is 0.336. The predicted octanol–water partition coefficient (Wildman–Crippen LogP) is 1.12. The molecule has 0 rings (SSSR count). The van der Waals surface area contributed by atoms with Gasteiger partial charge in [-0.05, 0) is 0 Å². The Kier molecular flexibility index (Phi) is 3.63. The first-order valence-electron chi connectivity index (χ1n) is 5.78. The largest absolute Gasteiger partial charge is 0.433 e. The Balaban J connectivity index is 4.69. The second-order valence-corrected chi connectivity index (χ2v) is 5.44. The highest BCUT2D eigenvalue weighted by atomic mass is 32.2. The highest BCUT2D eigenvalue weighted by molar-refractivity contribution is 7.85. The van der Waals surface area contributed by atoms with Crippen LogP contribution in [0.5, 0.6) is 0 Å². The zero-order chi connectivity index (χ0) is 14.6. The molecule has 0 aromatic carbocycles. The first kappa shape index (κ1) is 9.33. The summed E-state index contributed by atoms with van der Waals surface area (Å²) in [6, 6.07) is 0. The monoisotopic (exact) mass is 237 g/mol. The SMILES string of the molecule is [2H]C([2H])([2H])NC(=O)O/N=C(/CS(C)=O)C(C)(C)C. The third kappa shape index (κ3) is 6.22. The highest BCUT2D eigenvalue weighted by Crippen LogP contribution is 2.17. The molecule has 0 aliphatic heterocycles. The van der Waals surface area contributed by atoms with Crippen molar-refractivity contribution in [3.8, 4) is 0 Å². The molecule has 0 saturated heterocycles. The summed E-state index contributed by atoms with van der Waals surface area (Å²) in [5.41, 5.74) is -0.00428. The number of rotatable bonds is 3. The zero-order valence-electron chi connectivity index (χ0n) is 12.3. The van der Waals surface area contributed by atoms with Gasteiger partial charge in [-0.3, -0.25) is 9.05 Å². The van der Waals surface area contributed by atoms with E-state index >= 15 is 0 Å². The number of nitrogens with zero attached hydrogens (tertiary/aromatic N) is 1. The number of carbonyl (C=O) groups excluding carboxylic acids is 1. The molecule has 0 aromatic rings. The zero-order valence-corrected chi connectivity index (χ0v) is 10.1. The maximum atomic E-state index is 11.2. The third-order valence-electron chi connectivity index (χ3n) is 1.55. The van der Waals surface area contributed by atoms with Gasteiger partial charge in [0, 0.05) is 33.6 Å². The fourth-order valence-electron chi connectivity index (χ4n) is 0.692.